The van der Waals surface area contributed by atoms with Crippen LogP contribution in [0.5, 0.6) is 0 Å². The van der Waals surface area contributed by atoms with E-state index in [9.17, 15) is 4.79 Å². The molecule has 2 aromatic heterocycles. The highest BCUT2D eigenvalue weighted by molar-refractivity contribution is 9.11. The monoisotopic (exact) mass is 400 g/mol. The van der Waals surface area contributed by atoms with Gasteiger partial charge in [0.1, 0.15) is 0 Å². The summed E-state index contributed by atoms with van der Waals surface area (Å²) in [7, 11) is 1.90. The predicted octanol–water partition coefficient (Wildman–Crippen LogP) is 4.77. The van der Waals surface area contributed by atoms with E-state index in [1.165, 1.54) is 22.7 Å². The van der Waals surface area contributed by atoms with Crippen LogP contribution in [0.1, 0.15) is 15.2 Å². The second kappa shape index (κ2) is 5.68. The molecule has 108 valence electrons. The van der Waals surface area contributed by atoms with Gasteiger partial charge in [-0.2, -0.15) is 4.99 Å². The zero-order valence-corrected chi connectivity index (χ0v) is 15.2. The lowest BCUT2D eigenvalue weighted by molar-refractivity contribution is 0.100. The second-order valence-corrected chi connectivity index (χ2v) is 8.35. The molecule has 0 atom stereocenters. The molecule has 3 rings (SSSR count). The Bertz CT molecular complexity index is 923. The smallest absolute Gasteiger partial charge is 0.289 e. The van der Waals surface area contributed by atoms with E-state index in [0.29, 0.717) is 14.7 Å². The summed E-state index contributed by atoms with van der Waals surface area (Å²) in [4.78, 5) is 17.7. The molecule has 0 unspecified atom stereocenters. The lowest BCUT2D eigenvalue weighted by atomic mass is 10.2. The highest BCUT2D eigenvalue weighted by Gasteiger charge is 2.12. The third-order valence-corrected chi connectivity index (χ3v) is 6.29. The number of carbonyl (C=O) groups excluding carboxylic acids is 1. The second-order valence-electron chi connectivity index (χ2n) is 4.51. The van der Waals surface area contributed by atoms with E-state index in [2.05, 4.69) is 20.9 Å². The number of rotatable bonds is 1. The molecule has 0 saturated heterocycles. The van der Waals surface area contributed by atoms with E-state index in [-0.39, 0.29) is 5.91 Å². The largest absolute Gasteiger partial charge is 0.319 e. The first kappa shape index (κ1) is 15.0. The van der Waals surface area contributed by atoms with Crippen molar-refractivity contribution in [1.82, 2.24) is 4.57 Å². The van der Waals surface area contributed by atoms with Crippen LogP contribution in [-0.2, 0) is 7.05 Å². The number of hydrogen-bond donors (Lipinski definition) is 0. The van der Waals surface area contributed by atoms with Crippen molar-refractivity contribution >= 4 is 66.3 Å². The Balaban J connectivity index is 2.19. The van der Waals surface area contributed by atoms with E-state index in [0.717, 1.165) is 19.6 Å². The molecule has 0 aliphatic carbocycles. The highest BCUT2D eigenvalue weighted by atomic mass is 79.9. The maximum atomic E-state index is 12.2. The zero-order chi connectivity index (χ0) is 15.1. The molecule has 2 heterocycles. The van der Waals surface area contributed by atoms with Crippen LogP contribution in [0.25, 0.3) is 10.2 Å². The van der Waals surface area contributed by atoms with Crippen molar-refractivity contribution in [3.63, 3.8) is 0 Å². The van der Waals surface area contributed by atoms with Crippen molar-refractivity contribution in [3.05, 3.63) is 48.3 Å². The van der Waals surface area contributed by atoms with Gasteiger partial charge in [0.15, 0.2) is 4.80 Å². The van der Waals surface area contributed by atoms with Crippen molar-refractivity contribution in [2.75, 3.05) is 0 Å². The molecule has 0 saturated carbocycles. The van der Waals surface area contributed by atoms with Crippen molar-refractivity contribution in [2.24, 2.45) is 12.0 Å². The van der Waals surface area contributed by atoms with Crippen molar-refractivity contribution < 1.29 is 4.79 Å². The number of amides is 1. The molecular weight excluding hydrogens is 392 g/mol. The topological polar surface area (TPSA) is 34.4 Å². The van der Waals surface area contributed by atoms with Crippen LogP contribution in [0.4, 0.5) is 0 Å². The fourth-order valence-electron chi connectivity index (χ4n) is 2.08. The Hall–Kier alpha value is -0.950. The van der Waals surface area contributed by atoms with Crippen molar-refractivity contribution in [3.8, 4) is 0 Å². The molecule has 21 heavy (non-hydrogen) atoms. The number of thiazole rings is 1. The minimum Gasteiger partial charge on any atom is -0.319 e. The minimum atomic E-state index is -0.235. The Morgan fingerprint density at radius 1 is 1.29 bits per heavy atom. The van der Waals surface area contributed by atoms with Gasteiger partial charge in [0.2, 0.25) is 0 Å². The minimum absolute atomic E-state index is 0.235. The maximum Gasteiger partial charge on any atom is 0.289 e. The molecule has 1 aromatic carbocycles. The molecule has 0 bridgehead atoms. The van der Waals surface area contributed by atoms with Gasteiger partial charge in [-0.1, -0.05) is 29.0 Å². The fraction of sp³-hybridized carbons (Fsp3) is 0.143. The van der Waals surface area contributed by atoms with E-state index >= 15 is 0 Å². The lowest BCUT2D eigenvalue weighted by Gasteiger charge is -2.00. The Labute approximate surface area is 142 Å². The third kappa shape index (κ3) is 2.73. The first-order valence-corrected chi connectivity index (χ1v) is 8.87. The number of nitrogens with zero attached hydrogens (tertiary/aromatic N) is 2. The Kier molecular flexibility index (Phi) is 4.05. The molecule has 0 fully saturated rings. The van der Waals surface area contributed by atoms with Gasteiger partial charge in [-0.05, 0) is 46.6 Å². The van der Waals surface area contributed by atoms with Crippen LogP contribution in [0.15, 0.2) is 33.0 Å². The van der Waals surface area contributed by atoms with E-state index < -0.39 is 0 Å². The molecule has 0 radical (unpaired) electrons. The third-order valence-electron chi connectivity index (χ3n) is 3.08. The Morgan fingerprint density at radius 3 is 2.67 bits per heavy atom. The predicted molar refractivity (Wildman–Crippen MR) is 92.5 cm³/mol. The normalized spacial score (nSPS) is 12.3. The van der Waals surface area contributed by atoms with Crippen LogP contribution in [0.2, 0.25) is 5.02 Å². The van der Waals surface area contributed by atoms with Crippen molar-refractivity contribution in [2.45, 2.75) is 6.92 Å². The molecule has 7 heteroatoms. The standard InChI is InChI=1S/C14H10BrClN2OS2/c1-7-3-4-8(16)12-11(7)18(2)14(21-12)17-13(19)9-5-6-10(15)20-9/h3-6H,1-2H3. The number of benzene rings is 1. The van der Waals surface area contributed by atoms with Crippen molar-refractivity contribution in [1.29, 1.82) is 0 Å². The first-order valence-electron chi connectivity index (χ1n) is 6.06. The van der Waals surface area contributed by atoms with Crippen LogP contribution < -0.4 is 4.80 Å². The van der Waals surface area contributed by atoms with Gasteiger partial charge in [0, 0.05) is 7.05 Å². The number of thiophene rings is 1. The summed E-state index contributed by atoms with van der Waals surface area (Å²) in [6, 6.07) is 7.46. The zero-order valence-electron chi connectivity index (χ0n) is 11.2. The van der Waals surface area contributed by atoms with Crippen LogP contribution >= 0.6 is 50.2 Å². The van der Waals surface area contributed by atoms with Gasteiger partial charge in [-0.25, -0.2) is 0 Å². The van der Waals surface area contributed by atoms with Gasteiger partial charge < -0.3 is 4.57 Å². The fourth-order valence-corrected chi connectivity index (χ4v) is 4.72. The summed E-state index contributed by atoms with van der Waals surface area (Å²) < 4.78 is 3.79. The molecule has 3 aromatic rings. The summed E-state index contributed by atoms with van der Waals surface area (Å²) in [5.74, 6) is -0.235. The molecule has 0 spiro atoms. The number of hydrogen-bond acceptors (Lipinski definition) is 3. The lowest BCUT2D eigenvalue weighted by Crippen LogP contribution is -2.13. The summed E-state index contributed by atoms with van der Waals surface area (Å²) in [6.45, 7) is 2.02. The molecule has 3 nitrogen and oxygen atoms in total. The Morgan fingerprint density at radius 2 is 2.05 bits per heavy atom. The van der Waals surface area contributed by atoms with Crippen LogP contribution in [-0.4, -0.2) is 10.5 Å². The maximum absolute atomic E-state index is 12.2. The van der Waals surface area contributed by atoms with Gasteiger partial charge in [0.25, 0.3) is 5.91 Å². The molecule has 0 aliphatic heterocycles. The van der Waals surface area contributed by atoms with E-state index in [1.807, 2.05) is 36.7 Å². The van der Waals surface area contributed by atoms with Gasteiger partial charge in [-0.15, -0.1) is 11.3 Å². The van der Waals surface area contributed by atoms with Crippen LogP contribution in [0.3, 0.4) is 0 Å². The number of aryl methyl sites for hydroxylation is 2. The van der Waals surface area contributed by atoms with Gasteiger partial charge in [0.05, 0.1) is 23.9 Å². The molecule has 0 N–H and O–H groups in total. The number of aromatic nitrogens is 1. The summed E-state index contributed by atoms with van der Waals surface area (Å²) in [6.07, 6.45) is 0. The molecule has 1 amide bonds. The SMILES string of the molecule is Cc1ccc(Cl)c2sc(=NC(=O)c3ccc(Br)s3)n(C)c12. The van der Waals surface area contributed by atoms with Gasteiger partial charge in [-0.3, -0.25) is 4.79 Å². The van der Waals surface area contributed by atoms with E-state index in [1.54, 1.807) is 6.07 Å². The van der Waals surface area contributed by atoms with E-state index in [4.69, 9.17) is 11.6 Å². The number of halogens is 2. The summed E-state index contributed by atoms with van der Waals surface area (Å²) in [5.41, 5.74) is 2.13. The summed E-state index contributed by atoms with van der Waals surface area (Å²) in [5, 5.41) is 0.684. The number of carbonyl (C=O) groups is 1. The number of fused-ring (bicyclic) bond motifs is 1. The molecular formula is C14H10BrClN2OS2. The first-order chi connectivity index (χ1) is 9.97. The van der Waals surface area contributed by atoms with Gasteiger partial charge >= 0.3 is 0 Å². The van der Waals surface area contributed by atoms with Crippen LogP contribution in [0, 0.1) is 6.92 Å². The summed E-state index contributed by atoms with van der Waals surface area (Å²) >= 11 is 12.4. The molecule has 0 aliphatic rings. The average Bonchev–Trinajstić information content (AvgIpc) is 3.00. The highest BCUT2D eigenvalue weighted by Crippen LogP contribution is 2.28. The quantitative estimate of drug-likeness (QED) is 0.578. The average molecular weight is 402 g/mol.